The van der Waals surface area contributed by atoms with Gasteiger partial charge in [-0.1, -0.05) is 6.92 Å². The highest BCUT2D eigenvalue weighted by Gasteiger charge is 2.38. The summed E-state index contributed by atoms with van der Waals surface area (Å²) in [5.74, 6) is 0.146. The van der Waals surface area contributed by atoms with Crippen LogP contribution in [0.1, 0.15) is 26.7 Å². The van der Waals surface area contributed by atoms with E-state index in [1.165, 1.54) is 0 Å². The van der Waals surface area contributed by atoms with Gasteiger partial charge in [0, 0.05) is 19.7 Å². The number of carbonyl (C=O) groups excluding carboxylic acids is 1. The Bertz CT molecular complexity index is 297. The summed E-state index contributed by atoms with van der Waals surface area (Å²) in [4.78, 5) is 14.3. The van der Waals surface area contributed by atoms with E-state index < -0.39 is 0 Å². The van der Waals surface area contributed by atoms with E-state index >= 15 is 0 Å². The molecule has 2 aliphatic heterocycles. The summed E-state index contributed by atoms with van der Waals surface area (Å²) in [5, 5.41) is 9.18. The molecule has 0 radical (unpaired) electrons. The van der Waals surface area contributed by atoms with Gasteiger partial charge < -0.3 is 19.5 Å². The van der Waals surface area contributed by atoms with Crippen molar-refractivity contribution in [1.82, 2.24) is 4.90 Å². The van der Waals surface area contributed by atoms with Crippen molar-refractivity contribution in [3.05, 3.63) is 0 Å². The van der Waals surface area contributed by atoms with Crippen LogP contribution in [0.4, 0.5) is 0 Å². The first-order chi connectivity index (χ1) is 8.65. The second kappa shape index (κ2) is 5.99. The molecule has 0 spiro atoms. The monoisotopic (exact) mass is 257 g/mol. The number of morpholine rings is 1. The Labute approximate surface area is 108 Å². The predicted octanol–water partition coefficient (Wildman–Crippen LogP) is 0.410. The summed E-state index contributed by atoms with van der Waals surface area (Å²) in [5.41, 5.74) is 0. The van der Waals surface area contributed by atoms with Crippen LogP contribution in [-0.4, -0.2) is 60.5 Å². The van der Waals surface area contributed by atoms with Crippen molar-refractivity contribution in [2.45, 2.75) is 45.0 Å². The molecule has 2 saturated heterocycles. The molecule has 104 valence electrons. The molecule has 1 N–H and O–H groups in total. The maximum Gasteiger partial charge on any atom is 0.228 e. The Hall–Kier alpha value is -0.650. The molecular formula is C13H23NO4. The second-order valence-electron chi connectivity index (χ2n) is 5.21. The molecule has 0 aliphatic carbocycles. The molecule has 2 aliphatic rings. The number of rotatable bonds is 3. The van der Waals surface area contributed by atoms with Gasteiger partial charge in [0.25, 0.3) is 0 Å². The molecule has 4 atom stereocenters. The molecule has 4 unspecified atom stereocenters. The topological polar surface area (TPSA) is 59.0 Å². The van der Waals surface area contributed by atoms with Crippen molar-refractivity contribution in [3.63, 3.8) is 0 Å². The van der Waals surface area contributed by atoms with Crippen molar-refractivity contribution in [2.24, 2.45) is 5.92 Å². The van der Waals surface area contributed by atoms with Gasteiger partial charge >= 0.3 is 0 Å². The van der Waals surface area contributed by atoms with Crippen molar-refractivity contribution in [2.75, 3.05) is 26.3 Å². The van der Waals surface area contributed by atoms with E-state index in [9.17, 15) is 9.90 Å². The molecule has 0 saturated carbocycles. The number of amides is 1. The van der Waals surface area contributed by atoms with Crippen LogP contribution >= 0.6 is 0 Å². The van der Waals surface area contributed by atoms with Gasteiger partial charge in [-0.05, 0) is 19.8 Å². The first kappa shape index (κ1) is 13.8. The highest BCUT2D eigenvalue weighted by atomic mass is 16.5. The minimum absolute atomic E-state index is 0.0118. The molecule has 2 heterocycles. The van der Waals surface area contributed by atoms with Gasteiger partial charge in [-0.15, -0.1) is 0 Å². The first-order valence-electron chi connectivity index (χ1n) is 6.82. The summed E-state index contributed by atoms with van der Waals surface area (Å²) in [6.45, 7) is 5.74. The lowest BCUT2D eigenvalue weighted by molar-refractivity contribution is -0.152. The average Bonchev–Trinajstić information content (AvgIpc) is 2.85. The van der Waals surface area contributed by atoms with Gasteiger partial charge in [-0.25, -0.2) is 0 Å². The van der Waals surface area contributed by atoms with Gasteiger partial charge in [0.2, 0.25) is 5.91 Å². The summed E-state index contributed by atoms with van der Waals surface area (Å²) < 4.78 is 11.1. The zero-order chi connectivity index (χ0) is 13.1. The van der Waals surface area contributed by atoms with Gasteiger partial charge in [0.05, 0.1) is 30.8 Å². The highest BCUT2D eigenvalue weighted by molar-refractivity contribution is 5.80. The molecule has 5 nitrogen and oxygen atoms in total. The molecule has 18 heavy (non-hydrogen) atoms. The van der Waals surface area contributed by atoms with E-state index in [-0.39, 0.29) is 36.7 Å². The number of aliphatic hydroxyl groups excluding tert-OH is 1. The number of hydrogen-bond acceptors (Lipinski definition) is 4. The predicted molar refractivity (Wildman–Crippen MR) is 66.1 cm³/mol. The molecule has 2 fully saturated rings. The van der Waals surface area contributed by atoms with E-state index in [1.54, 1.807) is 0 Å². The SMILES string of the molecule is CCC1OCCC1C(=O)N1CC(C)OC(CO)C1. The maximum atomic E-state index is 12.5. The summed E-state index contributed by atoms with van der Waals surface area (Å²) in [7, 11) is 0. The summed E-state index contributed by atoms with van der Waals surface area (Å²) >= 11 is 0. The number of aliphatic hydroxyl groups is 1. The van der Waals surface area contributed by atoms with Crippen LogP contribution in [0.25, 0.3) is 0 Å². The van der Waals surface area contributed by atoms with Gasteiger partial charge in [0.15, 0.2) is 0 Å². The lowest BCUT2D eigenvalue weighted by atomic mass is 9.97. The Morgan fingerprint density at radius 3 is 2.89 bits per heavy atom. The van der Waals surface area contributed by atoms with Gasteiger partial charge in [-0.3, -0.25) is 4.79 Å². The van der Waals surface area contributed by atoms with E-state index in [2.05, 4.69) is 6.92 Å². The highest BCUT2D eigenvalue weighted by Crippen LogP contribution is 2.26. The molecule has 2 rings (SSSR count). The lowest BCUT2D eigenvalue weighted by Crippen LogP contribution is -2.52. The largest absolute Gasteiger partial charge is 0.394 e. The summed E-state index contributed by atoms with van der Waals surface area (Å²) in [6.07, 6.45) is 1.48. The third-order valence-electron chi connectivity index (χ3n) is 3.77. The fourth-order valence-electron chi connectivity index (χ4n) is 2.89. The van der Waals surface area contributed by atoms with Crippen molar-refractivity contribution >= 4 is 5.91 Å². The molecule has 0 aromatic carbocycles. The standard InChI is InChI=1S/C13H23NO4/c1-3-12-11(4-5-17-12)13(16)14-6-9(2)18-10(7-14)8-15/h9-12,15H,3-8H2,1-2H3. The number of carbonyl (C=O) groups is 1. The molecule has 5 heteroatoms. The van der Waals surface area contributed by atoms with Crippen LogP contribution in [-0.2, 0) is 14.3 Å². The van der Waals surface area contributed by atoms with Gasteiger partial charge in [0.1, 0.15) is 0 Å². The second-order valence-corrected chi connectivity index (χ2v) is 5.21. The van der Waals surface area contributed by atoms with E-state index in [1.807, 2.05) is 11.8 Å². The van der Waals surface area contributed by atoms with Crippen LogP contribution in [0.2, 0.25) is 0 Å². The van der Waals surface area contributed by atoms with Crippen LogP contribution in [0.5, 0.6) is 0 Å². The molecule has 0 bridgehead atoms. The Morgan fingerprint density at radius 1 is 1.44 bits per heavy atom. The fourth-order valence-corrected chi connectivity index (χ4v) is 2.89. The average molecular weight is 257 g/mol. The van der Waals surface area contributed by atoms with Crippen LogP contribution < -0.4 is 0 Å². The molecule has 0 aromatic rings. The van der Waals surface area contributed by atoms with E-state index in [4.69, 9.17) is 9.47 Å². The number of hydrogen-bond donors (Lipinski definition) is 1. The Morgan fingerprint density at radius 2 is 2.22 bits per heavy atom. The van der Waals surface area contributed by atoms with E-state index in [0.717, 1.165) is 12.8 Å². The van der Waals surface area contributed by atoms with Crippen LogP contribution in [0.15, 0.2) is 0 Å². The Balaban J connectivity index is 1.99. The third kappa shape index (κ3) is 2.84. The van der Waals surface area contributed by atoms with Crippen molar-refractivity contribution in [1.29, 1.82) is 0 Å². The minimum atomic E-state index is -0.250. The zero-order valence-corrected chi connectivity index (χ0v) is 11.2. The number of ether oxygens (including phenoxy) is 2. The van der Waals surface area contributed by atoms with Crippen molar-refractivity contribution < 1.29 is 19.4 Å². The van der Waals surface area contributed by atoms with Crippen molar-refractivity contribution in [3.8, 4) is 0 Å². The smallest absolute Gasteiger partial charge is 0.228 e. The van der Waals surface area contributed by atoms with Crippen LogP contribution in [0.3, 0.4) is 0 Å². The molecule has 1 amide bonds. The molecule has 0 aromatic heterocycles. The molecular weight excluding hydrogens is 234 g/mol. The normalized spacial score (nSPS) is 36.9. The zero-order valence-electron chi connectivity index (χ0n) is 11.2. The quantitative estimate of drug-likeness (QED) is 0.795. The van der Waals surface area contributed by atoms with Gasteiger partial charge in [-0.2, -0.15) is 0 Å². The first-order valence-corrected chi connectivity index (χ1v) is 6.82. The van der Waals surface area contributed by atoms with Crippen LogP contribution in [0, 0.1) is 5.92 Å². The third-order valence-corrected chi connectivity index (χ3v) is 3.77. The Kier molecular flexibility index (Phi) is 4.59. The number of nitrogens with zero attached hydrogens (tertiary/aromatic N) is 1. The van der Waals surface area contributed by atoms with E-state index in [0.29, 0.717) is 19.7 Å². The fraction of sp³-hybridized carbons (Fsp3) is 0.923. The maximum absolute atomic E-state index is 12.5. The lowest BCUT2D eigenvalue weighted by Gasteiger charge is -2.37. The summed E-state index contributed by atoms with van der Waals surface area (Å²) in [6, 6.07) is 0. The minimum Gasteiger partial charge on any atom is -0.394 e.